The predicted molar refractivity (Wildman–Crippen MR) is 101 cm³/mol. The average Bonchev–Trinajstić information content (AvgIpc) is 2.73. The summed E-state index contributed by atoms with van der Waals surface area (Å²) in [6, 6.07) is 22.2. The molecule has 0 aliphatic carbocycles. The van der Waals surface area contributed by atoms with Crippen LogP contribution in [0.3, 0.4) is 0 Å². The summed E-state index contributed by atoms with van der Waals surface area (Å²) >= 11 is 0. The Morgan fingerprint density at radius 1 is 0.538 bits per heavy atom. The summed E-state index contributed by atoms with van der Waals surface area (Å²) in [6.07, 6.45) is 0. The standard InChI is InChI=1S/C22H22O4/c1-24-19-13-7-4-10-16(19)22(23,17-11-5-8-14-20(17)25-2)18-12-6-9-15-21(18)26-3/h4-15,23H,1-3H3. The number of hydrogen-bond donors (Lipinski definition) is 1. The van der Waals surface area contributed by atoms with Crippen LogP contribution in [0.5, 0.6) is 17.2 Å². The van der Waals surface area contributed by atoms with E-state index in [1.807, 2.05) is 72.8 Å². The van der Waals surface area contributed by atoms with Crippen molar-refractivity contribution >= 4 is 0 Å². The Morgan fingerprint density at radius 2 is 0.808 bits per heavy atom. The lowest BCUT2D eigenvalue weighted by molar-refractivity contribution is 0.115. The summed E-state index contributed by atoms with van der Waals surface area (Å²) in [6.45, 7) is 0. The molecule has 0 fully saturated rings. The van der Waals surface area contributed by atoms with Crippen molar-refractivity contribution < 1.29 is 19.3 Å². The van der Waals surface area contributed by atoms with Gasteiger partial charge in [0.15, 0.2) is 5.60 Å². The second kappa shape index (κ2) is 7.50. The first-order valence-corrected chi connectivity index (χ1v) is 8.29. The molecular weight excluding hydrogens is 328 g/mol. The van der Waals surface area contributed by atoms with Crippen LogP contribution in [0, 0.1) is 0 Å². The van der Waals surface area contributed by atoms with Gasteiger partial charge in [-0.1, -0.05) is 54.6 Å². The Kier molecular flexibility index (Phi) is 5.14. The lowest BCUT2D eigenvalue weighted by Crippen LogP contribution is -2.30. The zero-order valence-electron chi connectivity index (χ0n) is 15.1. The van der Waals surface area contributed by atoms with Gasteiger partial charge < -0.3 is 19.3 Å². The third-order valence-electron chi connectivity index (χ3n) is 4.49. The minimum absolute atomic E-state index is 0.576. The van der Waals surface area contributed by atoms with Crippen LogP contribution >= 0.6 is 0 Å². The zero-order chi connectivity index (χ0) is 18.6. The molecule has 0 saturated carbocycles. The average molecular weight is 350 g/mol. The second-order valence-corrected chi connectivity index (χ2v) is 5.81. The molecule has 0 aliphatic rings. The van der Waals surface area contributed by atoms with Crippen LogP contribution in [0.4, 0.5) is 0 Å². The highest BCUT2D eigenvalue weighted by Gasteiger charge is 2.40. The molecule has 0 atom stereocenters. The van der Waals surface area contributed by atoms with Crippen molar-refractivity contribution in [2.75, 3.05) is 21.3 Å². The summed E-state index contributed by atoms with van der Waals surface area (Å²) in [5, 5.41) is 12.1. The Morgan fingerprint density at radius 3 is 1.08 bits per heavy atom. The summed E-state index contributed by atoms with van der Waals surface area (Å²) in [5.41, 5.74) is 0.302. The van der Waals surface area contributed by atoms with Gasteiger partial charge >= 0.3 is 0 Å². The second-order valence-electron chi connectivity index (χ2n) is 5.81. The summed E-state index contributed by atoms with van der Waals surface area (Å²) < 4.78 is 16.6. The molecule has 0 amide bonds. The third-order valence-corrected chi connectivity index (χ3v) is 4.49. The van der Waals surface area contributed by atoms with Gasteiger partial charge in [0, 0.05) is 16.7 Å². The van der Waals surface area contributed by atoms with Crippen molar-refractivity contribution in [3.05, 3.63) is 89.5 Å². The third kappa shape index (κ3) is 2.89. The molecule has 134 valence electrons. The smallest absolute Gasteiger partial charge is 0.151 e. The molecule has 3 aromatic rings. The van der Waals surface area contributed by atoms with Crippen molar-refractivity contribution in [2.45, 2.75) is 5.60 Å². The number of ether oxygens (including phenoxy) is 3. The predicted octanol–water partition coefficient (Wildman–Crippen LogP) is 4.00. The van der Waals surface area contributed by atoms with Crippen LogP contribution in [0.1, 0.15) is 16.7 Å². The Bertz CT molecular complexity index is 773. The molecule has 26 heavy (non-hydrogen) atoms. The molecular formula is C22H22O4. The molecule has 1 N–H and O–H groups in total. The van der Waals surface area contributed by atoms with Gasteiger partial charge in [0.05, 0.1) is 21.3 Å². The molecule has 0 radical (unpaired) electrons. The van der Waals surface area contributed by atoms with Crippen LogP contribution in [0.25, 0.3) is 0 Å². The van der Waals surface area contributed by atoms with Gasteiger partial charge in [-0.05, 0) is 18.2 Å². The topological polar surface area (TPSA) is 47.9 Å². The fourth-order valence-corrected chi connectivity index (χ4v) is 3.27. The van der Waals surface area contributed by atoms with Crippen LogP contribution in [0.2, 0.25) is 0 Å². The van der Waals surface area contributed by atoms with E-state index in [9.17, 15) is 5.11 Å². The fourth-order valence-electron chi connectivity index (χ4n) is 3.27. The Balaban J connectivity index is 2.40. The molecule has 0 saturated heterocycles. The molecule has 0 aromatic heterocycles. The van der Waals surface area contributed by atoms with Crippen molar-refractivity contribution in [1.82, 2.24) is 0 Å². The highest BCUT2D eigenvalue weighted by molar-refractivity contribution is 5.59. The maximum Gasteiger partial charge on any atom is 0.151 e. The molecule has 3 rings (SSSR count). The minimum atomic E-state index is -1.52. The monoisotopic (exact) mass is 350 g/mol. The van der Waals surface area contributed by atoms with Gasteiger partial charge in [0.2, 0.25) is 0 Å². The molecule has 0 aliphatic heterocycles. The first kappa shape index (κ1) is 17.8. The van der Waals surface area contributed by atoms with Gasteiger partial charge in [0.1, 0.15) is 17.2 Å². The fraction of sp³-hybridized carbons (Fsp3) is 0.182. The molecule has 0 unspecified atom stereocenters. The molecule has 0 bridgehead atoms. The van der Waals surface area contributed by atoms with Crippen molar-refractivity contribution in [1.29, 1.82) is 0 Å². The maximum absolute atomic E-state index is 12.1. The highest BCUT2D eigenvalue weighted by Crippen LogP contribution is 2.47. The number of para-hydroxylation sites is 3. The van der Waals surface area contributed by atoms with Crippen LogP contribution in [-0.4, -0.2) is 26.4 Å². The first-order chi connectivity index (χ1) is 12.7. The molecule has 3 aromatic carbocycles. The zero-order valence-corrected chi connectivity index (χ0v) is 15.1. The number of aliphatic hydroxyl groups is 1. The highest BCUT2D eigenvalue weighted by atomic mass is 16.5. The van der Waals surface area contributed by atoms with Crippen molar-refractivity contribution in [2.24, 2.45) is 0 Å². The van der Waals surface area contributed by atoms with E-state index >= 15 is 0 Å². The summed E-state index contributed by atoms with van der Waals surface area (Å²) in [7, 11) is 4.76. The van der Waals surface area contributed by atoms with Gasteiger partial charge in [-0.15, -0.1) is 0 Å². The molecule has 0 heterocycles. The van der Waals surface area contributed by atoms with E-state index in [2.05, 4.69) is 0 Å². The Hall–Kier alpha value is -2.98. The van der Waals surface area contributed by atoms with Crippen LogP contribution in [0.15, 0.2) is 72.8 Å². The minimum Gasteiger partial charge on any atom is -0.496 e. The van der Waals surface area contributed by atoms with Gasteiger partial charge in [-0.25, -0.2) is 0 Å². The largest absolute Gasteiger partial charge is 0.496 e. The maximum atomic E-state index is 12.1. The van der Waals surface area contributed by atoms with E-state index in [4.69, 9.17) is 14.2 Å². The number of methoxy groups -OCH3 is 3. The quantitative estimate of drug-likeness (QED) is 0.683. The number of rotatable bonds is 6. The SMILES string of the molecule is COc1ccccc1C(O)(c1ccccc1OC)c1ccccc1OC. The van der Waals surface area contributed by atoms with E-state index in [0.29, 0.717) is 33.9 Å². The van der Waals surface area contributed by atoms with E-state index in [0.717, 1.165) is 0 Å². The van der Waals surface area contributed by atoms with E-state index in [-0.39, 0.29) is 0 Å². The van der Waals surface area contributed by atoms with Gasteiger partial charge in [-0.3, -0.25) is 0 Å². The molecule has 4 nitrogen and oxygen atoms in total. The molecule has 4 heteroatoms. The van der Waals surface area contributed by atoms with E-state index < -0.39 is 5.60 Å². The normalized spacial score (nSPS) is 11.1. The molecule has 0 spiro atoms. The Labute approximate surface area is 153 Å². The lowest BCUT2D eigenvalue weighted by atomic mass is 9.79. The van der Waals surface area contributed by atoms with Gasteiger partial charge in [0.25, 0.3) is 0 Å². The number of benzene rings is 3. The van der Waals surface area contributed by atoms with E-state index in [1.54, 1.807) is 21.3 Å². The lowest BCUT2D eigenvalue weighted by Gasteiger charge is -2.33. The summed E-state index contributed by atoms with van der Waals surface area (Å²) in [4.78, 5) is 0. The first-order valence-electron chi connectivity index (χ1n) is 8.29. The van der Waals surface area contributed by atoms with Crippen LogP contribution in [-0.2, 0) is 5.60 Å². The van der Waals surface area contributed by atoms with Crippen LogP contribution < -0.4 is 14.2 Å². The van der Waals surface area contributed by atoms with Crippen molar-refractivity contribution in [3.8, 4) is 17.2 Å². The van der Waals surface area contributed by atoms with E-state index in [1.165, 1.54) is 0 Å². The van der Waals surface area contributed by atoms with Crippen molar-refractivity contribution in [3.63, 3.8) is 0 Å². The number of hydrogen-bond acceptors (Lipinski definition) is 4. The van der Waals surface area contributed by atoms with Gasteiger partial charge in [-0.2, -0.15) is 0 Å². The summed E-state index contributed by atoms with van der Waals surface area (Å²) in [5.74, 6) is 1.73.